The molecule has 1 aromatic heterocycles. The van der Waals surface area contributed by atoms with Gasteiger partial charge < -0.3 is 4.52 Å². The number of benzene rings is 1. The average Bonchev–Trinajstić information content (AvgIpc) is 2.56. The lowest BCUT2D eigenvalue weighted by Gasteiger charge is -1.98. The van der Waals surface area contributed by atoms with Crippen molar-refractivity contribution in [2.75, 3.05) is 0 Å². The van der Waals surface area contributed by atoms with E-state index in [0.29, 0.717) is 10.2 Å². The van der Waals surface area contributed by atoms with E-state index in [1.807, 2.05) is 0 Å². The van der Waals surface area contributed by atoms with E-state index in [1.54, 1.807) is 18.3 Å². The number of nitrogens with zero attached hydrogens (tertiary/aromatic N) is 1. The molecule has 0 aliphatic carbocycles. The normalized spacial score (nSPS) is 10.3. The lowest BCUT2D eigenvalue weighted by molar-refractivity contribution is 0.432. The minimum absolute atomic E-state index is 0.282. The highest BCUT2D eigenvalue weighted by molar-refractivity contribution is 9.10. The highest BCUT2D eigenvalue weighted by Gasteiger charge is 2.06. The summed E-state index contributed by atoms with van der Waals surface area (Å²) < 4.78 is 18.3. The van der Waals surface area contributed by atoms with Crippen molar-refractivity contribution >= 4 is 15.9 Å². The maximum absolute atomic E-state index is 12.7. The third-order valence-electron chi connectivity index (χ3n) is 1.63. The molecule has 0 bridgehead atoms. The summed E-state index contributed by atoms with van der Waals surface area (Å²) >= 11 is 3.24. The summed E-state index contributed by atoms with van der Waals surface area (Å²) in [6.07, 6.45) is 1.55. The molecule has 0 fully saturated rings. The van der Waals surface area contributed by atoms with Gasteiger partial charge in [0.2, 0.25) is 0 Å². The molecule has 0 N–H and O–H groups in total. The molecule has 0 aliphatic rings. The minimum atomic E-state index is -0.282. The van der Waals surface area contributed by atoms with Crippen LogP contribution in [0, 0.1) is 5.82 Å². The first kappa shape index (κ1) is 8.44. The molecule has 0 amide bonds. The molecule has 0 aliphatic heterocycles. The molecule has 0 unspecified atom stereocenters. The molecule has 2 nitrogen and oxygen atoms in total. The molecule has 2 aromatic rings. The van der Waals surface area contributed by atoms with E-state index >= 15 is 0 Å². The average molecular weight is 242 g/mol. The van der Waals surface area contributed by atoms with Gasteiger partial charge in [-0.15, -0.1) is 0 Å². The molecule has 0 radical (unpaired) electrons. The first-order valence-electron chi connectivity index (χ1n) is 3.63. The molecule has 0 atom stereocenters. The van der Waals surface area contributed by atoms with E-state index < -0.39 is 0 Å². The third-order valence-corrected chi connectivity index (χ3v) is 2.29. The van der Waals surface area contributed by atoms with Crippen molar-refractivity contribution < 1.29 is 8.91 Å². The van der Waals surface area contributed by atoms with Gasteiger partial charge in [-0.3, -0.25) is 0 Å². The first-order chi connectivity index (χ1) is 6.27. The minimum Gasteiger partial charge on any atom is -0.356 e. The van der Waals surface area contributed by atoms with Gasteiger partial charge >= 0.3 is 0 Å². The van der Waals surface area contributed by atoms with Crippen LogP contribution in [0.15, 0.2) is 39.5 Å². The standard InChI is InChI=1S/C9H5BrFNO/c10-8-5-6(11)1-2-7(8)9-3-4-12-13-9/h1-5H. The van der Waals surface area contributed by atoms with Crippen LogP contribution in [0.2, 0.25) is 0 Å². The van der Waals surface area contributed by atoms with Crippen LogP contribution >= 0.6 is 15.9 Å². The second kappa shape index (κ2) is 3.30. The predicted molar refractivity (Wildman–Crippen MR) is 49.6 cm³/mol. The van der Waals surface area contributed by atoms with Crippen molar-refractivity contribution in [1.82, 2.24) is 5.16 Å². The van der Waals surface area contributed by atoms with Crippen LogP contribution in [-0.4, -0.2) is 5.16 Å². The van der Waals surface area contributed by atoms with Crippen molar-refractivity contribution in [2.45, 2.75) is 0 Å². The van der Waals surface area contributed by atoms with E-state index in [1.165, 1.54) is 12.1 Å². The van der Waals surface area contributed by atoms with Crippen molar-refractivity contribution in [1.29, 1.82) is 0 Å². The first-order valence-corrected chi connectivity index (χ1v) is 4.43. The summed E-state index contributed by atoms with van der Waals surface area (Å²) in [5, 5.41) is 3.57. The smallest absolute Gasteiger partial charge is 0.167 e. The Kier molecular flexibility index (Phi) is 2.14. The second-order valence-corrected chi connectivity index (χ2v) is 3.36. The maximum atomic E-state index is 12.7. The van der Waals surface area contributed by atoms with Gasteiger partial charge in [-0.2, -0.15) is 0 Å². The Labute approximate surface area is 82.5 Å². The molecule has 0 saturated carbocycles. The zero-order valence-corrected chi connectivity index (χ0v) is 8.08. The zero-order chi connectivity index (χ0) is 9.26. The van der Waals surface area contributed by atoms with E-state index in [-0.39, 0.29) is 5.82 Å². The van der Waals surface area contributed by atoms with Crippen LogP contribution in [0.5, 0.6) is 0 Å². The SMILES string of the molecule is Fc1ccc(-c2ccno2)c(Br)c1. The van der Waals surface area contributed by atoms with Crippen molar-refractivity contribution in [3.63, 3.8) is 0 Å². The molecular formula is C9H5BrFNO. The van der Waals surface area contributed by atoms with Gasteiger partial charge in [0, 0.05) is 16.1 Å². The summed E-state index contributed by atoms with van der Waals surface area (Å²) in [6, 6.07) is 6.12. The summed E-state index contributed by atoms with van der Waals surface area (Å²) in [6.45, 7) is 0. The van der Waals surface area contributed by atoms with Crippen molar-refractivity contribution in [2.24, 2.45) is 0 Å². The lowest BCUT2D eigenvalue weighted by atomic mass is 10.2. The fraction of sp³-hybridized carbons (Fsp3) is 0. The van der Waals surface area contributed by atoms with E-state index in [2.05, 4.69) is 21.1 Å². The second-order valence-electron chi connectivity index (χ2n) is 2.50. The number of aromatic nitrogens is 1. The number of halogens is 2. The molecule has 1 heterocycles. The monoisotopic (exact) mass is 241 g/mol. The largest absolute Gasteiger partial charge is 0.356 e. The van der Waals surface area contributed by atoms with Crippen LogP contribution in [-0.2, 0) is 0 Å². The van der Waals surface area contributed by atoms with E-state index in [9.17, 15) is 4.39 Å². The Hall–Kier alpha value is -1.16. The van der Waals surface area contributed by atoms with Gasteiger partial charge in [-0.25, -0.2) is 4.39 Å². The van der Waals surface area contributed by atoms with E-state index in [0.717, 1.165) is 5.56 Å². The molecule has 0 spiro atoms. The maximum Gasteiger partial charge on any atom is 0.167 e. The Bertz CT molecular complexity index is 414. The van der Waals surface area contributed by atoms with Gasteiger partial charge in [-0.1, -0.05) is 5.16 Å². The molecule has 1 aromatic carbocycles. The number of rotatable bonds is 1. The highest BCUT2D eigenvalue weighted by Crippen LogP contribution is 2.28. The lowest BCUT2D eigenvalue weighted by Crippen LogP contribution is -1.79. The Morgan fingerprint density at radius 1 is 1.31 bits per heavy atom. The zero-order valence-electron chi connectivity index (χ0n) is 6.50. The van der Waals surface area contributed by atoms with Crippen LogP contribution in [0.1, 0.15) is 0 Å². The summed E-state index contributed by atoms with van der Waals surface area (Å²) in [7, 11) is 0. The van der Waals surface area contributed by atoms with Crippen LogP contribution in [0.25, 0.3) is 11.3 Å². The molecule has 2 rings (SSSR count). The van der Waals surface area contributed by atoms with E-state index in [4.69, 9.17) is 4.52 Å². The topological polar surface area (TPSA) is 26.0 Å². The quantitative estimate of drug-likeness (QED) is 0.767. The van der Waals surface area contributed by atoms with Gasteiger partial charge in [-0.05, 0) is 34.1 Å². The molecule has 13 heavy (non-hydrogen) atoms. The van der Waals surface area contributed by atoms with Crippen LogP contribution in [0.3, 0.4) is 0 Å². The highest BCUT2D eigenvalue weighted by atomic mass is 79.9. The fourth-order valence-electron chi connectivity index (χ4n) is 1.04. The Morgan fingerprint density at radius 2 is 2.15 bits per heavy atom. The van der Waals surface area contributed by atoms with Crippen molar-refractivity contribution in [3.05, 3.63) is 40.8 Å². The van der Waals surface area contributed by atoms with Crippen LogP contribution in [0.4, 0.5) is 4.39 Å². The van der Waals surface area contributed by atoms with Gasteiger partial charge in [0.25, 0.3) is 0 Å². The van der Waals surface area contributed by atoms with Gasteiger partial charge in [0.15, 0.2) is 5.76 Å². The molecule has 4 heteroatoms. The Balaban J connectivity index is 2.53. The molecule has 66 valence electrons. The fourth-order valence-corrected chi connectivity index (χ4v) is 1.59. The third kappa shape index (κ3) is 1.62. The number of hydrogen-bond acceptors (Lipinski definition) is 2. The summed E-state index contributed by atoms with van der Waals surface area (Å²) in [4.78, 5) is 0. The van der Waals surface area contributed by atoms with Crippen LogP contribution < -0.4 is 0 Å². The number of hydrogen-bond donors (Lipinski definition) is 0. The summed E-state index contributed by atoms with van der Waals surface area (Å²) in [5.41, 5.74) is 0.791. The van der Waals surface area contributed by atoms with Crippen molar-refractivity contribution in [3.8, 4) is 11.3 Å². The Morgan fingerprint density at radius 3 is 2.77 bits per heavy atom. The van der Waals surface area contributed by atoms with Gasteiger partial charge in [0.1, 0.15) is 5.82 Å². The molecular weight excluding hydrogens is 237 g/mol. The summed E-state index contributed by atoms with van der Waals surface area (Å²) in [5.74, 6) is 0.335. The predicted octanol–water partition coefficient (Wildman–Crippen LogP) is 3.24. The van der Waals surface area contributed by atoms with Gasteiger partial charge in [0.05, 0.1) is 6.20 Å². The molecule has 0 saturated heterocycles.